The van der Waals surface area contributed by atoms with E-state index in [0.29, 0.717) is 33.5 Å². The molecule has 0 radical (unpaired) electrons. The average molecular weight is 804 g/mol. The number of nitrogens with zero attached hydrogens (tertiary/aromatic N) is 9. The third-order valence-corrected chi connectivity index (χ3v) is 9.14. The van der Waals surface area contributed by atoms with Crippen LogP contribution in [0.1, 0.15) is 46.1 Å². The molecule has 3 aromatic heterocycles. The molecule has 1 saturated carbocycles. The maximum atomic E-state index is 13.6. The van der Waals surface area contributed by atoms with Gasteiger partial charge >= 0.3 is 12.0 Å². The zero-order valence-electron chi connectivity index (χ0n) is 36.0. The largest absolute Gasteiger partial charge is 0.480 e. The first-order valence-electron chi connectivity index (χ1n) is 20.0. The molecule has 1 aliphatic carbocycles. The van der Waals surface area contributed by atoms with E-state index >= 15 is 0 Å². The Labute approximate surface area is 319 Å². The van der Waals surface area contributed by atoms with Gasteiger partial charge in [0.1, 0.15) is 23.1 Å². The van der Waals surface area contributed by atoms with Gasteiger partial charge in [-0.15, -0.1) is 10.2 Å². The van der Waals surface area contributed by atoms with E-state index in [9.17, 15) is 8.78 Å². The predicted octanol–water partition coefficient (Wildman–Crippen LogP) is 8.03. The van der Waals surface area contributed by atoms with Crippen LogP contribution in [0, 0.1) is 29.4 Å². The molecular formula is C33H34BrCl2F2N9O3. The number of ether oxygens (including phenoxy) is 3. The van der Waals surface area contributed by atoms with E-state index in [0.717, 1.165) is 49.8 Å². The highest BCUT2D eigenvalue weighted by molar-refractivity contribution is 9.10. The summed E-state index contributed by atoms with van der Waals surface area (Å²) in [5.74, 6) is 0.441. The van der Waals surface area contributed by atoms with Crippen LogP contribution in [0.2, 0.25) is 10.0 Å². The van der Waals surface area contributed by atoms with Crippen molar-refractivity contribution in [3.63, 3.8) is 0 Å². The summed E-state index contributed by atoms with van der Waals surface area (Å²) in [5.41, 5.74) is 0.939. The lowest BCUT2D eigenvalue weighted by Crippen LogP contribution is -2.42. The van der Waals surface area contributed by atoms with Crippen LogP contribution < -0.4 is 19.1 Å². The molecule has 1 aliphatic heterocycles. The van der Waals surface area contributed by atoms with Crippen molar-refractivity contribution in [2.45, 2.75) is 46.0 Å². The third-order valence-electron chi connectivity index (χ3n) is 8.22. The standard InChI is InChI=1S/C23H26ClFN6O2.C10H8BrClFN3O/c1-3-31-23(33-17-6-7-20(25)19(24)9-17)27-21(29-31)10-18-14-4-5-15(18)13-30(12-14)16-8-22(32-2)28-26-11-16;1-2-16-10(14-9(11)15-16)17-6-3-4-8(13)7(12)5-6/h6-9,11,14-15,18H,3-5,10,12-13H2,1-2H3;3-5H,2H2,1H3/t14-,15+,18?;/i1D3,3D2;1D3,2D2. The summed E-state index contributed by atoms with van der Waals surface area (Å²) < 4.78 is 121. The number of piperidine rings is 1. The normalized spacial score (nSPS) is 22.1. The third kappa shape index (κ3) is 8.27. The molecule has 264 valence electrons. The summed E-state index contributed by atoms with van der Waals surface area (Å²) in [6, 6.07) is 8.12. The predicted molar refractivity (Wildman–Crippen MR) is 186 cm³/mol. The molecular weight excluding hydrogens is 759 g/mol. The van der Waals surface area contributed by atoms with Gasteiger partial charge in [-0.25, -0.2) is 18.1 Å². The van der Waals surface area contributed by atoms with Crippen molar-refractivity contribution in [2.75, 3.05) is 25.1 Å². The topological polar surface area (TPSA) is 118 Å². The number of hydrogen-bond donors (Lipinski definition) is 0. The van der Waals surface area contributed by atoms with E-state index in [-0.39, 0.29) is 44.0 Å². The second-order valence-corrected chi connectivity index (χ2v) is 12.7. The first-order valence-corrected chi connectivity index (χ1v) is 16.5. The lowest BCUT2D eigenvalue weighted by Gasteiger charge is -2.38. The summed E-state index contributed by atoms with van der Waals surface area (Å²) >= 11 is 14.4. The number of benzene rings is 2. The zero-order chi connectivity index (χ0) is 43.9. The minimum Gasteiger partial charge on any atom is -0.480 e. The fourth-order valence-corrected chi connectivity index (χ4v) is 6.62. The van der Waals surface area contributed by atoms with Crippen molar-refractivity contribution in [1.29, 1.82) is 0 Å². The highest BCUT2D eigenvalue weighted by Gasteiger charge is 2.42. The quantitative estimate of drug-likeness (QED) is 0.137. The molecule has 17 heteroatoms. The van der Waals surface area contributed by atoms with Gasteiger partial charge in [-0.2, -0.15) is 20.2 Å². The van der Waals surface area contributed by atoms with Crippen molar-refractivity contribution >= 4 is 44.8 Å². The Morgan fingerprint density at radius 3 is 2.08 bits per heavy atom. The Bertz CT molecular complexity index is 2330. The SMILES string of the molecule is [2H]C([2H])([2H])C([2H])([2H])n1nc(Br)nc1Oc1ccc(F)c(Cl)c1.[2H]C([2H])([2H])C([2H])([2H])n1nc(CC2[C@@H]3CC[C@H]2CN(c2cnnc(OC)c2)C3)nc1Oc1ccc(F)c(Cl)c1. The van der Waals surface area contributed by atoms with Gasteiger partial charge < -0.3 is 19.1 Å². The summed E-state index contributed by atoms with van der Waals surface area (Å²) in [5, 5.41) is 15.5. The molecule has 2 fully saturated rings. The number of rotatable bonds is 10. The van der Waals surface area contributed by atoms with Gasteiger partial charge in [0, 0.05) is 58.9 Å². The van der Waals surface area contributed by atoms with Gasteiger partial charge in [-0.3, -0.25) is 0 Å². The van der Waals surface area contributed by atoms with E-state index in [4.69, 9.17) is 51.1 Å². The molecule has 7 rings (SSSR count). The minimum absolute atomic E-state index is 0.0499. The van der Waals surface area contributed by atoms with Crippen LogP contribution >= 0.6 is 39.1 Å². The Balaban J connectivity index is 0.000000233. The van der Waals surface area contributed by atoms with Crippen LogP contribution in [0.4, 0.5) is 14.5 Å². The number of halogens is 5. The van der Waals surface area contributed by atoms with E-state index < -0.39 is 44.3 Å². The van der Waals surface area contributed by atoms with Crippen molar-refractivity contribution < 1.29 is 36.7 Å². The van der Waals surface area contributed by atoms with Crippen LogP contribution in [-0.2, 0) is 19.4 Å². The first-order chi connectivity index (χ1) is 28.0. The van der Waals surface area contributed by atoms with Crippen LogP contribution in [0.25, 0.3) is 0 Å². The molecule has 5 aromatic rings. The van der Waals surface area contributed by atoms with E-state index in [1.54, 1.807) is 13.3 Å². The maximum absolute atomic E-state index is 13.6. The first kappa shape index (κ1) is 25.0. The molecule has 50 heavy (non-hydrogen) atoms. The number of fused-ring (bicyclic) bond motifs is 2. The van der Waals surface area contributed by atoms with Crippen molar-refractivity contribution in [3.05, 3.63) is 80.9 Å². The van der Waals surface area contributed by atoms with Gasteiger partial charge in [0.15, 0.2) is 5.82 Å². The number of methoxy groups -OCH3 is 1. The van der Waals surface area contributed by atoms with E-state index in [1.165, 1.54) is 18.2 Å². The number of hydrogen-bond acceptors (Lipinski definition) is 10. The second-order valence-electron chi connectivity index (χ2n) is 11.2. The molecule has 2 bridgehead atoms. The van der Waals surface area contributed by atoms with Gasteiger partial charge in [-0.1, -0.05) is 23.2 Å². The van der Waals surface area contributed by atoms with E-state index in [1.807, 2.05) is 6.07 Å². The second kappa shape index (κ2) is 15.9. The highest BCUT2D eigenvalue weighted by atomic mass is 79.9. The monoisotopic (exact) mass is 801 g/mol. The molecule has 2 aliphatic rings. The smallest absolute Gasteiger partial charge is 0.321 e. The highest BCUT2D eigenvalue weighted by Crippen LogP contribution is 2.44. The molecule has 3 atom stereocenters. The molecule has 4 heterocycles. The summed E-state index contributed by atoms with van der Waals surface area (Å²) in [6.45, 7) is -10.2. The minimum atomic E-state index is -3.04. The molecule has 2 aromatic carbocycles. The van der Waals surface area contributed by atoms with Gasteiger partial charge in [0.05, 0.1) is 34.5 Å². The average Bonchev–Trinajstić information content (AvgIpc) is 3.82. The molecule has 0 amide bonds. The van der Waals surface area contributed by atoms with E-state index in [2.05, 4.69) is 51.2 Å². The number of anilines is 1. The Morgan fingerprint density at radius 2 is 1.50 bits per heavy atom. The molecule has 0 spiro atoms. The molecule has 0 N–H and O–H groups in total. The maximum Gasteiger partial charge on any atom is 0.321 e. The van der Waals surface area contributed by atoms with Crippen LogP contribution in [-0.4, -0.2) is 59.9 Å². The van der Waals surface area contributed by atoms with Gasteiger partial charge in [-0.05, 0) is 84.5 Å². The Kier molecular flexibility index (Phi) is 7.92. The lowest BCUT2D eigenvalue weighted by molar-refractivity contribution is 0.265. The summed E-state index contributed by atoms with van der Waals surface area (Å²) in [4.78, 5) is 10.4. The summed E-state index contributed by atoms with van der Waals surface area (Å²) in [7, 11) is 1.55. The fraction of sp³-hybridized carbons (Fsp3) is 0.394. The van der Waals surface area contributed by atoms with Crippen molar-refractivity contribution in [1.82, 2.24) is 39.7 Å². The van der Waals surface area contributed by atoms with Crippen molar-refractivity contribution in [3.8, 4) is 29.4 Å². The van der Waals surface area contributed by atoms with Gasteiger partial charge in [0.2, 0.25) is 10.6 Å². The van der Waals surface area contributed by atoms with Crippen LogP contribution in [0.5, 0.6) is 29.4 Å². The molecule has 1 saturated heterocycles. The molecule has 12 nitrogen and oxygen atoms in total. The van der Waals surface area contributed by atoms with Crippen molar-refractivity contribution in [2.24, 2.45) is 17.8 Å². The molecule has 1 unspecified atom stereocenters. The Morgan fingerprint density at radius 1 is 0.900 bits per heavy atom. The zero-order valence-corrected chi connectivity index (χ0v) is 29.1. The van der Waals surface area contributed by atoms with Crippen LogP contribution in [0.15, 0.2) is 53.4 Å². The van der Waals surface area contributed by atoms with Gasteiger partial charge in [0.25, 0.3) is 0 Å². The fourth-order valence-electron chi connectivity index (χ4n) is 5.97. The number of aromatic nitrogens is 8. The summed E-state index contributed by atoms with van der Waals surface area (Å²) in [6.07, 6.45) is 4.20. The Hall–Kier alpha value is -4.08. The number of aryl methyl sites for hydroxylation is 2. The van der Waals surface area contributed by atoms with Crippen LogP contribution in [0.3, 0.4) is 0 Å². The lowest BCUT2D eigenvalue weighted by atomic mass is 9.82.